The number of anilines is 1. The number of hydrogen-bond acceptors (Lipinski definition) is 5. The van der Waals surface area contributed by atoms with Gasteiger partial charge in [0.15, 0.2) is 5.76 Å². The molecule has 0 radical (unpaired) electrons. The van der Waals surface area contributed by atoms with E-state index in [1.807, 2.05) is 55.6 Å². The van der Waals surface area contributed by atoms with E-state index in [2.05, 4.69) is 10.5 Å². The SMILES string of the molecule is Cc1cccc(NC(=O)COCc2cc(-c3cccs3)on2)c1C. The molecule has 0 saturated heterocycles. The molecule has 0 unspecified atom stereocenters. The van der Waals surface area contributed by atoms with Crippen molar-refractivity contribution in [2.75, 3.05) is 11.9 Å². The number of aryl methyl sites for hydroxylation is 1. The van der Waals surface area contributed by atoms with Crippen LogP contribution in [-0.2, 0) is 16.1 Å². The minimum atomic E-state index is -0.189. The zero-order chi connectivity index (χ0) is 16.9. The lowest BCUT2D eigenvalue weighted by Crippen LogP contribution is -2.19. The normalized spacial score (nSPS) is 10.8. The van der Waals surface area contributed by atoms with Crippen LogP contribution in [-0.4, -0.2) is 17.7 Å². The maximum atomic E-state index is 12.0. The van der Waals surface area contributed by atoms with Crippen molar-refractivity contribution in [1.29, 1.82) is 0 Å². The van der Waals surface area contributed by atoms with Gasteiger partial charge in [0.1, 0.15) is 12.3 Å². The Kier molecular flexibility index (Phi) is 5.08. The molecule has 0 atom stereocenters. The van der Waals surface area contributed by atoms with Crippen LogP contribution in [0.2, 0.25) is 0 Å². The first kappa shape index (κ1) is 16.4. The van der Waals surface area contributed by atoms with Crippen LogP contribution in [0.4, 0.5) is 5.69 Å². The number of hydrogen-bond donors (Lipinski definition) is 1. The second kappa shape index (κ2) is 7.42. The Hall–Kier alpha value is -2.44. The fraction of sp³-hybridized carbons (Fsp3) is 0.222. The number of carbonyl (C=O) groups excluding carboxylic acids is 1. The summed E-state index contributed by atoms with van der Waals surface area (Å²) in [5.74, 6) is 0.522. The number of rotatable bonds is 6. The summed E-state index contributed by atoms with van der Waals surface area (Å²) in [6.07, 6.45) is 0. The maximum absolute atomic E-state index is 12.0. The van der Waals surface area contributed by atoms with E-state index in [9.17, 15) is 4.79 Å². The fourth-order valence-electron chi connectivity index (χ4n) is 2.24. The summed E-state index contributed by atoms with van der Waals surface area (Å²) < 4.78 is 10.7. The van der Waals surface area contributed by atoms with Gasteiger partial charge in [-0.25, -0.2) is 0 Å². The Bertz CT molecular complexity index is 825. The molecule has 1 amide bonds. The summed E-state index contributed by atoms with van der Waals surface area (Å²) >= 11 is 1.58. The van der Waals surface area contributed by atoms with Crippen molar-refractivity contribution in [2.24, 2.45) is 0 Å². The van der Waals surface area contributed by atoms with Crippen LogP contribution in [0.3, 0.4) is 0 Å². The number of aromatic nitrogens is 1. The quantitative estimate of drug-likeness (QED) is 0.730. The zero-order valence-corrected chi connectivity index (χ0v) is 14.4. The second-order valence-electron chi connectivity index (χ2n) is 5.45. The Labute approximate surface area is 144 Å². The van der Waals surface area contributed by atoms with Gasteiger partial charge in [-0.2, -0.15) is 0 Å². The number of amides is 1. The smallest absolute Gasteiger partial charge is 0.250 e. The summed E-state index contributed by atoms with van der Waals surface area (Å²) in [6, 6.07) is 11.6. The lowest BCUT2D eigenvalue weighted by molar-refractivity contribution is -0.121. The van der Waals surface area contributed by atoms with Crippen LogP contribution >= 0.6 is 11.3 Å². The van der Waals surface area contributed by atoms with Gasteiger partial charge in [-0.1, -0.05) is 23.4 Å². The first-order valence-electron chi connectivity index (χ1n) is 7.57. The minimum Gasteiger partial charge on any atom is -0.365 e. The van der Waals surface area contributed by atoms with E-state index < -0.39 is 0 Å². The molecular weight excluding hydrogens is 324 g/mol. The number of ether oxygens (including phenoxy) is 1. The van der Waals surface area contributed by atoms with Crippen molar-refractivity contribution in [3.8, 4) is 10.6 Å². The molecular formula is C18H18N2O3S. The third kappa shape index (κ3) is 3.90. The lowest BCUT2D eigenvalue weighted by atomic mass is 10.1. The molecule has 3 aromatic rings. The molecule has 6 heteroatoms. The third-order valence-corrected chi connectivity index (χ3v) is 4.57. The number of nitrogens with zero attached hydrogens (tertiary/aromatic N) is 1. The molecule has 0 aliphatic heterocycles. The van der Waals surface area contributed by atoms with Gasteiger partial charge in [0, 0.05) is 11.8 Å². The molecule has 24 heavy (non-hydrogen) atoms. The molecule has 3 rings (SSSR count). The van der Waals surface area contributed by atoms with Crippen LogP contribution < -0.4 is 5.32 Å². The number of nitrogens with one attached hydrogen (secondary N) is 1. The molecule has 0 spiro atoms. The molecule has 124 valence electrons. The first-order chi connectivity index (χ1) is 11.6. The average Bonchev–Trinajstić information content (AvgIpc) is 3.23. The van der Waals surface area contributed by atoms with Crippen LogP contribution in [0, 0.1) is 13.8 Å². The Morgan fingerprint density at radius 3 is 2.96 bits per heavy atom. The molecule has 2 heterocycles. The molecule has 0 bridgehead atoms. The molecule has 1 N–H and O–H groups in total. The van der Waals surface area contributed by atoms with Gasteiger partial charge in [0.25, 0.3) is 0 Å². The predicted octanol–water partition coefficient (Wildman–Crippen LogP) is 4.18. The largest absolute Gasteiger partial charge is 0.365 e. The van der Waals surface area contributed by atoms with Crippen LogP contribution in [0.5, 0.6) is 0 Å². The van der Waals surface area contributed by atoms with Crippen molar-refractivity contribution in [3.63, 3.8) is 0 Å². The standard InChI is InChI=1S/C18H18N2O3S/c1-12-5-3-6-15(13(12)2)19-18(21)11-22-10-14-9-16(23-20-14)17-7-4-8-24-17/h3-9H,10-11H2,1-2H3,(H,19,21). The summed E-state index contributed by atoms with van der Waals surface area (Å²) in [5.41, 5.74) is 3.67. The fourth-order valence-corrected chi connectivity index (χ4v) is 2.91. The van der Waals surface area contributed by atoms with E-state index in [0.717, 1.165) is 21.7 Å². The second-order valence-corrected chi connectivity index (χ2v) is 6.40. The molecule has 1 aromatic carbocycles. The Morgan fingerprint density at radius 2 is 2.17 bits per heavy atom. The summed E-state index contributed by atoms with van der Waals surface area (Å²) in [7, 11) is 0. The molecule has 2 aromatic heterocycles. The lowest BCUT2D eigenvalue weighted by Gasteiger charge is -2.10. The minimum absolute atomic E-state index is 0.0332. The molecule has 0 fully saturated rings. The van der Waals surface area contributed by atoms with Gasteiger partial charge in [-0.15, -0.1) is 11.3 Å². The highest BCUT2D eigenvalue weighted by molar-refractivity contribution is 7.13. The third-order valence-electron chi connectivity index (χ3n) is 3.68. The Balaban J connectivity index is 1.49. The zero-order valence-electron chi connectivity index (χ0n) is 13.5. The van der Waals surface area contributed by atoms with Crippen molar-refractivity contribution in [2.45, 2.75) is 20.5 Å². The van der Waals surface area contributed by atoms with Gasteiger partial charge in [-0.3, -0.25) is 4.79 Å². The van der Waals surface area contributed by atoms with Gasteiger partial charge < -0.3 is 14.6 Å². The molecule has 0 aliphatic rings. The number of benzene rings is 1. The molecule has 0 aliphatic carbocycles. The van der Waals surface area contributed by atoms with E-state index in [1.165, 1.54) is 0 Å². The van der Waals surface area contributed by atoms with Crippen LogP contribution in [0.25, 0.3) is 10.6 Å². The highest BCUT2D eigenvalue weighted by Crippen LogP contribution is 2.25. The van der Waals surface area contributed by atoms with Crippen LogP contribution in [0.15, 0.2) is 46.3 Å². The monoisotopic (exact) mass is 342 g/mol. The van der Waals surface area contributed by atoms with Crippen LogP contribution in [0.1, 0.15) is 16.8 Å². The highest BCUT2D eigenvalue weighted by atomic mass is 32.1. The van der Waals surface area contributed by atoms with Crippen molar-refractivity contribution >= 4 is 22.9 Å². The first-order valence-corrected chi connectivity index (χ1v) is 8.45. The van der Waals surface area contributed by atoms with E-state index in [1.54, 1.807) is 11.3 Å². The highest BCUT2D eigenvalue weighted by Gasteiger charge is 2.10. The van der Waals surface area contributed by atoms with E-state index in [0.29, 0.717) is 11.5 Å². The predicted molar refractivity (Wildman–Crippen MR) is 94.0 cm³/mol. The van der Waals surface area contributed by atoms with E-state index in [4.69, 9.17) is 9.26 Å². The summed E-state index contributed by atoms with van der Waals surface area (Å²) in [5, 5.41) is 8.79. The molecule has 0 saturated carbocycles. The van der Waals surface area contributed by atoms with Gasteiger partial charge in [-0.05, 0) is 42.5 Å². The Morgan fingerprint density at radius 1 is 1.29 bits per heavy atom. The van der Waals surface area contributed by atoms with E-state index >= 15 is 0 Å². The average molecular weight is 342 g/mol. The number of thiophene rings is 1. The number of carbonyl (C=O) groups is 1. The van der Waals surface area contributed by atoms with Crippen molar-refractivity contribution < 1.29 is 14.1 Å². The van der Waals surface area contributed by atoms with Crippen molar-refractivity contribution in [1.82, 2.24) is 5.16 Å². The van der Waals surface area contributed by atoms with Gasteiger partial charge >= 0.3 is 0 Å². The maximum Gasteiger partial charge on any atom is 0.250 e. The summed E-state index contributed by atoms with van der Waals surface area (Å²) in [4.78, 5) is 13.0. The topological polar surface area (TPSA) is 64.4 Å². The van der Waals surface area contributed by atoms with E-state index in [-0.39, 0.29) is 19.1 Å². The van der Waals surface area contributed by atoms with Gasteiger partial charge in [0.2, 0.25) is 5.91 Å². The molecule has 5 nitrogen and oxygen atoms in total. The summed E-state index contributed by atoms with van der Waals surface area (Å²) in [6.45, 7) is 4.19. The van der Waals surface area contributed by atoms with Gasteiger partial charge in [0.05, 0.1) is 11.5 Å². The van der Waals surface area contributed by atoms with Crippen molar-refractivity contribution in [3.05, 3.63) is 58.6 Å².